The van der Waals surface area contributed by atoms with Crippen LogP contribution in [0.15, 0.2) is 20.8 Å². The summed E-state index contributed by atoms with van der Waals surface area (Å²) in [7, 11) is 0. The maximum absolute atomic E-state index is 6.92. The van der Waals surface area contributed by atoms with E-state index in [2.05, 4.69) is 22.6 Å². The lowest BCUT2D eigenvalue weighted by molar-refractivity contribution is 0.559. The normalized spacial score (nSPS) is 10.5. The topological polar surface area (TPSA) is 37.0 Å². The largest absolute Gasteiger partial charge is 0.463 e. The number of furan rings is 1. The van der Waals surface area contributed by atoms with Crippen LogP contribution >= 0.6 is 22.6 Å². The molecule has 1 N–H and O–H groups in total. The van der Waals surface area contributed by atoms with E-state index < -0.39 is 0 Å². The molecule has 1 aromatic heterocycles. The first-order valence-electron chi connectivity index (χ1n) is 2.73. The number of nitrogens with one attached hydrogen (secondary N) is 1. The Morgan fingerprint density at radius 1 is 1.60 bits per heavy atom. The zero-order valence-corrected chi connectivity index (χ0v) is 7.33. The first-order chi connectivity index (χ1) is 4.88. The van der Waals surface area contributed by atoms with Crippen LogP contribution in [0.4, 0.5) is 0 Å². The Morgan fingerprint density at radius 3 is 3.00 bits per heavy atom. The smallest absolute Gasteiger partial charge is 0.151 e. The first-order valence-corrected chi connectivity index (χ1v) is 3.98. The van der Waals surface area contributed by atoms with Crippen LogP contribution in [-0.4, -0.2) is 6.21 Å². The van der Waals surface area contributed by atoms with Crippen LogP contribution in [0.5, 0.6) is 0 Å². The highest BCUT2D eigenvalue weighted by Gasteiger charge is 1.96. The van der Waals surface area contributed by atoms with Gasteiger partial charge in [-0.1, -0.05) is 22.6 Å². The van der Waals surface area contributed by atoms with Gasteiger partial charge in [0.05, 0.1) is 12.5 Å². The van der Waals surface area contributed by atoms with Crippen molar-refractivity contribution in [2.45, 2.75) is 0 Å². The monoisotopic (exact) mass is 247 g/mol. The third kappa shape index (κ3) is 1.47. The lowest BCUT2D eigenvalue weighted by Crippen LogP contribution is -1.75. The fraction of sp³-hybridized carbons (Fsp3) is 0. The molecular weight excluding hydrogens is 241 g/mol. The molecule has 0 aromatic carbocycles. The molecule has 0 bridgehead atoms. The number of rotatable bonds is 2. The minimum absolute atomic E-state index is 0.605. The van der Waals surface area contributed by atoms with Crippen molar-refractivity contribution < 1.29 is 4.42 Å². The molecule has 10 heavy (non-hydrogen) atoms. The van der Waals surface area contributed by atoms with E-state index in [0.717, 1.165) is 5.56 Å². The van der Waals surface area contributed by atoms with Gasteiger partial charge in [-0.25, -0.2) is 0 Å². The van der Waals surface area contributed by atoms with Gasteiger partial charge in [0, 0.05) is 5.56 Å². The zero-order chi connectivity index (χ0) is 7.40. The van der Waals surface area contributed by atoms with E-state index in [1.165, 1.54) is 6.21 Å². The van der Waals surface area contributed by atoms with Crippen LogP contribution in [0.25, 0.3) is 6.08 Å². The zero-order valence-electron chi connectivity index (χ0n) is 5.17. The van der Waals surface area contributed by atoms with Crippen LogP contribution in [-0.2, 0) is 0 Å². The molecule has 0 aliphatic carbocycles. The molecular formula is C7H6INO. The Balaban J connectivity index is 3.00. The molecule has 0 unspecified atom stereocenters. The van der Waals surface area contributed by atoms with Crippen molar-refractivity contribution in [1.82, 2.24) is 0 Å². The van der Waals surface area contributed by atoms with E-state index in [1.54, 1.807) is 6.26 Å². The molecule has 0 saturated carbocycles. The molecule has 3 heteroatoms. The van der Waals surface area contributed by atoms with Gasteiger partial charge >= 0.3 is 0 Å². The number of hydrogen-bond acceptors (Lipinski definition) is 2. The fourth-order valence-electron chi connectivity index (χ4n) is 0.654. The SMILES string of the molecule is N=Cc1occc1/C=C\I. The van der Waals surface area contributed by atoms with Gasteiger partial charge in [0.25, 0.3) is 0 Å². The van der Waals surface area contributed by atoms with Gasteiger partial charge in [-0.15, -0.1) is 0 Å². The van der Waals surface area contributed by atoms with E-state index in [1.807, 2.05) is 16.2 Å². The number of halogens is 1. The van der Waals surface area contributed by atoms with Gasteiger partial charge in [-0.05, 0) is 16.2 Å². The van der Waals surface area contributed by atoms with Gasteiger partial charge in [0.15, 0.2) is 5.76 Å². The quantitative estimate of drug-likeness (QED) is 0.633. The molecule has 2 nitrogen and oxygen atoms in total. The Bertz CT molecular complexity index is 252. The van der Waals surface area contributed by atoms with E-state index in [9.17, 15) is 0 Å². The second kappa shape index (κ2) is 3.55. The molecule has 0 aliphatic rings. The van der Waals surface area contributed by atoms with E-state index in [0.29, 0.717) is 5.76 Å². The average molecular weight is 247 g/mol. The summed E-state index contributed by atoms with van der Waals surface area (Å²) >= 11 is 2.12. The molecule has 0 fully saturated rings. The molecule has 0 spiro atoms. The fourth-order valence-corrected chi connectivity index (χ4v) is 1.04. The lowest BCUT2D eigenvalue weighted by Gasteiger charge is -1.84. The van der Waals surface area contributed by atoms with Gasteiger partial charge in [-0.2, -0.15) is 0 Å². The Labute approximate surface area is 72.6 Å². The van der Waals surface area contributed by atoms with Crippen molar-refractivity contribution in [3.8, 4) is 0 Å². The van der Waals surface area contributed by atoms with E-state index in [-0.39, 0.29) is 0 Å². The summed E-state index contributed by atoms with van der Waals surface area (Å²) in [5, 5.41) is 6.92. The van der Waals surface area contributed by atoms with E-state index in [4.69, 9.17) is 9.83 Å². The Kier molecular flexibility index (Phi) is 2.68. The van der Waals surface area contributed by atoms with Gasteiger partial charge < -0.3 is 9.83 Å². The molecule has 1 aromatic rings. The minimum atomic E-state index is 0.605. The highest BCUT2D eigenvalue weighted by molar-refractivity contribution is 14.1. The third-order valence-electron chi connectivity index (χ3n) is 1.10. The standard InChI is InChI=1S/C7H6INO/c8-3-1-6-2-4-10-7(6)5-9/h1-5,9H/b3-1-,9-5?. The van der Waals surface area contributed by atoms with Crippen LogP contribution in [0.3, 0.4) is 0 Å². The first kappa shape index (κ1) is 7.53. The highest BCUT2D eigenvalue weighted by Crippen LogP contribution is 2.10. The molecule has 0 saturated heterocycles. The summed E-state index contributed by atoms with van der Waals surface area (Å²) in [5.74, 6) is 0.605. The second-order valence-corrected chi connectivity index (χ2v) is 2.40. The summed E-state index contributed by atoms with van der Waals surface area (Å²) in [4.78, 5) is 0. The van der Waals surface area contributed by atoms with Crippen LogP contribution < -0.4 is 0 Å². The second-order valence-electron chi connectivity index (χ2n) is 1.68. The molecule has 0 atom stereocenters. The number of hydrogen-bond donors (Lipinski definition) is 1. The summed E-state index contributed by atoms with van der Waals surface area (Å²) in [6.45, 7) is 0. The van der Waals surface area contributed by atoms with Crippen molar-refractivity contribution in [1.29, 1.82) is 5.41 Å². The van der Waals surface area contributed by atoms with Crippen molar-refractivity contribution in [3.05, 3.63) is 27.7 Å². The van der Waals surface area contributed by atoms with Crippen molar-refractivity contribution >= 4 is 34.9 Å². The summed E-state index contributed by atoms with van der Waals surface area (Å²) in [6.07, 6.45) is 4.67. The van der Waals surface area contributed by atoms with Gasteiger partial charge in [0.2, 0.25) is 0 Å². The maximum Gasteiger partial charge on any atom is 0.151 e. The predicted octanol–water partition coefficient (Wildman–Crippen LogP) is 2.68. The van der Waals surface area contributed by atoms with E-state index >= 15 is 0 Å². The van der Waals surface area contributed by atoms with Crippen molar-refractivity contribution in [3.63, 3.8) is 0 Å². The Hall–Kier alpha value is -0.580. The molecule has 0 amide bonds. The Morgan fingerprint density at radius 2 is 2.40 bits per heavy atom. The molecule has 52 valence electrons. The molecule has 1 rings (SSSR count). The summed E-state index contributed by atoms with van der Waals surface area (Å²) < 4.78 is 6.85. The van der Waals surface area contributed by atoms with Crippen LogP contribution in [0.1, 0.15) is 11.3 Å². The van der Waals surface area contributed by atoms with Crippen molar-refractivity contribution in [2.75, 3.05) is 0 Å². The summed E-state index contributed by atoms with van der Waals surface area (Å²) in [5.41, 5.74) is 0.949. The average Bonchev–Trinajstić information content (AvgIpc) is 2.36. The molecule has 1 heterocycles. The van der Waals surface area contributed by atoms with Crippen molar-refractivity contribution in [2.24, 2.45) is 0 Å². The third-order valence-corrected chi connectivity index (χ3v) is 1.46. The minimum Gasteiger partial charge on any atom is -0.463 e. The summed E-state index contributed by atoms with van der Waals surface area (Å²) in [6, 6.07) is 1.83. The van der Waals surface area contributed by atoms with Gasteiger partial charge in [-0.3, -0.25) is 0 Å². The van der Waals surface area contributed by atoms with Crippen LogP contribution in [0, 0.1) is 5.41 Å². The molecule has 0 aliphatic heterocycles. The lowest BCUT2D eigenvalue weighted by atomic mass is 10.2. The molecule has 0 radical (unpaired) electrons. The highest BCUT2D eigenvalue weighted by atomic mass is 127. The maximum atomic E-state index is 6.92. The van der Waals surface area contributed by atoms with Gasteiger partial charge in [0.1, 0.15) is 0 Å². The van der Waals surface area contributed by atoms with Crippen LogP contribution in [0.2, 0.25) is 0 Å². The predicted molar refractivity (Wildman–Crippen MR) is 49.6 cm³/mol.